The molecular weight excluding hydrogens is 132 g/mol. The molecule has 0 heteroatoms. The lowest BCUT2D eigenvalue weighted by Gasteiger charge is -2.25. The van der Waals surface area contributed by atoms with Crippen molar-refractivity contribution in [2.75, 3.05) is 0 Å². The molecule has 0 aromatic rings. The first-order chi connectivity index (χ1) is 5.08. The predicted octanol–water partition coefficient (Wildman–Crippen LogP) is 3.16. The van der Waals surface area contributed by atoms with Crippen LogP contribution in [-0.4, -0.2) is 0 Å². The predicted molar refractivity (Wildman–Crippen MR) is 48.3 cm³/mol. The Hall–Kier alpha value is -0.520. The fraction of sp³-hybridized carbons (Fsp3) is 0.636. The smallest absolute Gasteiger partial charge is 0.00752 e. The largest absolute Gasteiger partial charge is 0.103 e. The van der Waals surface area contributed by atoms with Crippen molar-refractivity contribution in [1.29, 1.82) is 0 Å². The molecule has 60 valence electrons. The fourth-order valence-corrected chi connectivity index (χ4v) is 2.86. The van der Waals surface area contributed by atoms with E-state index in [2.05, 4.69) is 38.7 Å². The zero-order valence-corrected chi connectivity index (χ0v) is 7.43. The third-order valence-corrected chi connectivity index (χ3v) is 3.47. The molecule has 0 amide bonds. The molecule has 2 rings (SSSR count). The van der Waals surface area contributed by atoms with Gasteiger partial charge < -0.3 is 0 Å². The highest BCUT2D eigenvalue weighted by Crippen LogP contribution is 2.59. The first-order valence-corrected chi connectivity index (χ1v) is 4.41. The second-order valence-electron chi connectivity index (χ2n) is 4.72. The summed E-state index contributed by atoms with van der Waals surface area (Å²) in [5.41, 5.74) is 0.935. The van der Waals surface area contributed by atoms with Gasteiger partial charge in [-0.1, -0.05) is 32.1 Å². The first-order valence-electron chi connectivity index (χ1n) is 4.41. The molecule has 11 heavy (non-hydrogen) atoms. The molecule has 0 radical (unpaired) electrons. The van der Waals surface area contributed by atoms with E-state index in [9.17, 15) is 0 Å². The molecule has 3 atom stereocenters. The van der Waals surface area contributed by atoms with E-state index in [0.717, 1.165) is 5.92 Å². The summed E-state index contributed by atoms with van der Waals surface area (Å²) in [6, 6.07) is 0. The number of fused-ring (bicyclic) bond motifs is 2. The van der Waals surface area contributed by atoms with Gasteiger partial charge in [0.25, 0.3) is 0 Å². The van der Waals surface area contributed by atoms with E-state index in [0.29, 0.717) is 10.8 Å². The van der Waals surface area contributed by atoms with E-state index in [1.165, 1.54) is 12.8 Å². The molecule has 1 saturated carbocycles. The number of hydrogen-bond acceptors (Lipinski definition) is 0. The van der Waals surface area contributed by atoms with Gasteiger partial charge in [0.05, 0.1) is 0 Å². The molecule has 2 bridgehead atoms. The molecule has 1 fully saturated rings. The highest BCUT2D eigenvalue weighted by atomic mass is 14.5. The summed E-state index contributed by atoms with van der Waals surface area (Å²) in [6.45, 7) is 8.62. The second kappa shape index (κ2) is 1.80. The van der Waals surface area contributed by atoms with Crippen LogP contribution < -0.4 is 0 Å². The van der Waals surface area contributed by atoms with Gasteiger partial charge in [0.15, 0.2) is 0 Å². The Kier molecular flexibility index (Phi) is 1.17. The van der Waals surface area contributed by atoms with Crippen LogP contribution in [0.15, 0.2) is 24.8 Å². The number of allylic oxidation sites excluding steroid dienone is 3. The third kappa shape index (κ3) is 0.817. The normalized spacial score (nSPS) is 53.5. The zero-order chi connectivity index (χ0) is 8.11. The van der Waals surface area contributed by atoms with Crippen LogP contribution in [0.4, 0.5) is 0 Å². The van der Waals surface area contributed by atoms with Crippen LogP contribution in [0.1, 0.15) is 26.7 Å². The van der Waals surface area contributed by atoms with Crippen molar-refractivity contribution in [1.82, 2.24) is 0 Å². The van der Waals surface area contributed by atoms with Crippen LogP contribution in [0.5, 0.6) is 0 Å². The maximum Gasteiger partial charge on any atom is -0.00752 e. The molecule has 0 nitrogen and oxygen atoms in total. The van der Waals surface area contributed by atoms with E-state index in [1.807, 2.05) is 0 Å². The third-order valence-electron chi connectivity index (χ3n) is 3.47. The monoisotopic (exact) mass is 148 g/mol. The van der Waals surface area contributed by atoms with Crippen molar-refractivity contribution in [3.8, 4) is 0 Å². The van der Waals surface area contributed by atoms with Crippen LogP contribution in [-0.2, 0) is 0 Å². The number of rotatable bonds is 1. The maximum atomic E-state index is 3.90. The van der Waals surface area contributed by atoms with Crippen molar-refractivity contribution in [3.63, 3.8) is 0 Å². The van der Waals surface area contributed by atoms with E-state index >= 15 is 0 Å². The van der Waals surface area contributed by atoms with Crippen LogP contribution in [0.2, 0.25) is 0 Å². The topological polar surface area (TPSA) is 0 Å². The highest BCUT2D eigenvalue weighted by Gasteiger charge is 2.49. The van der Waals surface area contributed by atoms with Crippen molar-refractivity contribution >= 4 is 0 Å². The first kappa shape index (κ1) is 7.15. The quantitative estimate of drug-likeness (QED) is 0.501. The standard InChI is InChI=1S/C11H16/c1-4-9-7-10(2)5-6-11(9,3)8-10/h4-6,9H,1,7-8H2,2-3H3. The van der Waals surface area contributed by atoms with Gasteiger partial charge in [-0.2, -0.15) is 0 Å². The summed E-state index contributed by atoms with van der Waals surface area (Å²) >= 11 is 0. The van der Waals surface area contributed by atoms with Crippen molar-refractivity contribution in [3.05, 3.63) is 24.8 Å². The second-order valence-corrected chi connectivity index (χ2v) is 4.72. The zero-order valence-electron chi connectivity index (χ0n) is 7.43. The molecule has 0 aromatic heterocycles. The molecule has 0 aromatic carbocycles. The Labute approximate surface area is 69.0 Å². The van der Waals surface area contributed by atoms with Crippen LogP contribution in [0.25, 0.3) is 0 Å². The van der Waals surface area contributed by atoms with Gasteiger partial charge >= 0.3 is 0 Å². The average molecular weight is 148 g/mol. The minimum atomic E-state index is 0.441. The Bertz CT molecular complexity index is 226. The van der Waals surface area contributed by atoms with Gasteiger partial charge in [-0.05, 0) is 29.6 Å². The van der Waals surface area contributed by atoms with Gasteiger partial charge in [0.2, 0.25) is 0 Å². The van der Waals surface area contributed by atoms with Gasteiger partial charge in [0, 0.05) is 0 Å². The minimum Gasteiger partial charge on any atom is -0.103 e. The summed E-state index contributed by atoms with van der Waals surface area (Å²) in [7, 11) is 0. The summed E-state index contributed by atoms with van der Waals surface area (Å²) < 4.78 is 0. The Morgan fingerprint density at radius 1 is 1.45 bits per heavy atom. The molecule has 0 heterocycles. The lowest BCUT2D eigenvalue weighted by atomic mass is 9.80. The van der Waals surface area contributed by atoms with Crippen molar-refractivity contribution < 1.29 is 0 Å². The molecule has 0 N–H and O–H groups in total. The van der Waals surface area contributed by atoms with Gasteiger partial charge in [0.1, 0.15) is 0 Å². The lowest BCUT2D eigenvalue weighted by Crippen LogP contribution is -2.16. The van der Waals surface area contributed by atoms with Crippen LogP contribution >= 0.6 is 0 Å². The SMILES string of the molecule is C=CC1CC2(C)C=CC1(C)C2. The summed E-state index contributed by atoms with van der Waals surface area (Å²) in [4.78, 5) is 0. The Balaban J connectivity index is 2.36. The van der Waals surface area contributed by atoms with E-state index < -0.39 is 0 Å². The Morgan fingerprint density at radius 2 is 2.18 bits per heavy atom. The summed E-state index contributed by atoms with van der Waals surface area (Å²) in [5, 5.41) is 0. The molecule has 0 spiro atoms. The van der Waals surface area contributed by atoms with Crippen LogP contribution in [0, 0.1) is 16.7 Å². The molecule has 2 aliphatic rings. The van der Waals surface area contributed by atoms with Crippen molar-refractivity contribution in [2.24, 2.45) is 16.7 Å². The molecule has 0 aliphatic heterocycles. The van der Waals surface area contributed by atoms with Crippen molar-refractivity contribution in [2.45, 2.75) is 26.7 Å². The fourth-order valence-electron chi connectivity index (χ4n) is 2.86. The van der Waals surface area contributed by atoms with Gasteiger partial charge in [-0.15, -0.1) is 6.58 Å². The van der Waals surface area contributed by atoms with Gasteiger partial charge in [-0.3, -0.25) is 0 Å². The average Bonchev–Trinajstić information content (AvgIpc) is 2.36. The molecular formula is C11H16. The summed E-state index contributed by atoms with van der Waals surface area (Å²) in [5.74, 6) is 0.720. The molecule has 3 unspecified atom stereocenters. The van der Waals surface area contributed by atoms with Crippen LogP contribution in [0.3, 0.4) is 0 Å². The van der Waals surface area contributed by atoms with E-state index in [-0.39, 0.29) is 0 Å². The minimum absolute atomic E-state index is 0.441. The molecule has 2 aliphatic carbocycles. The van der Waals surface area contributed by atoms with Gasteiger partial charge in [-0.25, -0.2) is 0 Å². The van der Waals surface area contributed by atoms with E-state index in [1.54, 1.807) is 0 Å². The lowest BCUT2D eigenvalue weighted by molar-refractivity contribution is 0.368. The summed E-state index contributed by atoms with van der Waals surface area (Å²) in [6.07, 6.45) is 9.56. The maximum absolute atomic E-state index is 3.90. The Morgan fingerprint density at radius 3 is 2.45 bits per heavy atom. The number of hydrogen-bond donors (Lipinski definition) is 0. The van der Waals surface area contributed by atoms with E-state index in [4.69, 9.17) is 0 Å². The molecule has 0 saturated heterocycles. The highest BCUT2D eigenvalue weighted by molar-refractivity contribution is 5.24.